The number of aromatic nitrogens is 2. The van der Waals surface area contributed by atoms with Gasteiger partial charge in [-0.1, -0.05) is 12.1 Å². The molecule has 2 aromatic heterocycles. The first-order valence-corrected chi connectivity index (χ1v) is 11.0. The number of carbonyl (C=O) groups is 1. The van der Waals surface area contributed by atoms with E-state index in [0.29, 0.717) is 17.2 Å². The Morgan fingerprint density at radius 3 is 2.52 bits per heavy atom. The Morgan fingerprint density at radius 1 is 1.21 bits per heavy atom. The second-order valence-corrected chi connectivity index (χ2v) is 8.40. The molecule has 33 heavy (non-hydrogen) atoms. The van der Waals surface area contributed by atoms with Gasteiger partial charge in [-0.05, 0) is 56.2 Å². The lowest BCUT2D eigenvalue weighted by molar-refractivity contribution is -0.150. The Morgan fingerprint density at radius 2 is 1.91 bits per heavy atom. The summed E-state index contributed by atoms with van der Waals surface area (Å²) in [6.45, 7) is 5.75. The molecule has 176 valence electrons. The predicted molar refractivity (Wildman–Crippen MR) is 117 cm³/mol. The molecule has 0 fully saturated rings. The number of carboxylic acids is 1. The highest BCUT2D eigenvalue weighted by Crippen LogP contribution is 2.36. The summed E-state index contributed by atoms with van der Waals surface area (Å²) in [5.41, 5.74) is 0.673. The van der Waals surface area contributed by atoms with E-state index in [0.717, 1.165) is 28.3 Å². The van der Waals surface area contributed by atoms with Crippen molar-refractivity contribution in [2.45, 2.75) is 45.6 Å². The van der Waals surface area contributed by atoms with Crippen molar-refractivity contribution in [1.29, 1.82) is 0 Å². The Hall–Kier alpha value is -2.98. The molecule has 2 heterocycles. The number of benzene rings is 1. The van der Waals surface area contributed by atoms with E-state index in [9.17, 15) is 23.1 Å². The number of rotatable bonds is 9. The maximum absolute atomic E-state index is 13.0. The summed E-state index contributed by atoms with van der Waals surface area (Å²) in [5, 5.41) is 9.22. The van der Waals surface area contributed by atoms with Crippen molar-refractivity contribution >= 4 is 17.3 Å². The van der Waals surface area contributed by atoms with Crippen LogP contribution < -0.4 is 4.74 Å². The van der Waals surface area contributed by atoms with Crippen molar-refractivity contribution in [3.63, 3.8) is 0 Å². The fourth-order valence-electron chi connectivity index (χ4n) is 3.24. The van der Waals surface area contributed by atoms with Gasteiger partial charge in [-0.25, -0.2) is 14.8 Å². The maximum Gasteiger partial charge on any atom is 0.433 e. The largest absolute Gasteiger partial charge is 0.485 e. The van der Waals surface area contributed by atoms with Gasteiger partial charge in [0.25, 0.3) is 0 Å². The number of alkyl halides is 3. The first-order valence-electron chi connectivity index (χ1n) is 10.2. The fourth-order valence-corrected chi connectivity index (χ4v) is 4.34. The van der Waals surface area contributed by atoms with E-state index in [4.69, 9.17) is 9.47 Å². The van der Waals surface area contributed by atoms with Crippen molar-refractivity contribution in [1.82, 2.24) is 9.97 Å². The van der Waals surface area contributed by atoms with Crippen LogP contribution in [0.4, 0.5) is 13.2 Å². The number of thiophene rings is 1. The lowest BCUT2D eigenvalue weighted by Gasteiger charge is -2.16. The standard InChI is InChI=1S/C23H23F3N2O4S/c1-4-31-17(22(29)30)12-15-5-7-16(8-6-15)32-14(3)20-13(2)11-18(33-20)21-27-10-9-19(28-21)23(24,25)26/h5-11,14,17H,4,12H2,1-3H3,(H,29,30). The van der Waals surface area contributed by atoms with Crippen molar-refractivity contribution < 1.29 is 32.5 Å². The van der Waals surface area contributed by atoms with Crippen LogP contribution in [0.3, 0.4) is 0 Å². The molecule has 6 nitrogen and oxygen atoms in total. The van der Waals surface area contributed by atoms with Crippen LogP contribution in [0, 0.1) is 6.92 Å². The summed E-state index contributed by atoms with van der Waals surface area (Å²) in [5.74, 6) is -0.415. The fraction of sp³-hybridized carbons (Fsp3) is 0.348. The van der Waals surface area contributed by atoms with Gasteiger partial charge >= 0.3 is 12.1 Å². The monoisotopic (exact) mass is 480 g/mol. The Kier molecular flexibility index (Phi) is 7.70. The predicted octanol–water partition coefficient (Wildman–Crippen LogP) is 5.70. The van der Waals surface area contributed by atoms with Gasteiger partial charge in [-0.2, -0.15) is 13.2 Å². The SMILES string of the molecule is CCOC(Cc1ccc(OC(C)c2sc(-c3nccc(C(F)(F)F)n3)cc2C)cc1)C(=O)O. The lowest BCUT2D eigenvalue weighted by atomic mass is 10.1. The van der Waals surface area contributed by atoms with E-state index in [1.165, 1.54) is 11.3 Å². The third-order valence-corrected chi connectivity index (χ3v) is 6.19. The zero-order valence-electron chi connectivity index (χ0n) is 18.2. The Labute approximate surface area is 193 Å². The summed E-state index contributed by atoms with van der Waals surface area (Å²) in [4.78, 5) is 20.3. The number of hydrogen-bond acceptors (Lipinski definition) is 6. The van der Waals surface area contributed by atoms with Crippen LogP contribution in [-0.2, 0) is 22.1 Å². The Balaban J connectivity index is 1.72. The summed E-state index contributed by atoms with van der Waals surface area (Å²) >= 11 is 1.28. The molecule has 0 spiro atoms. The van der Waals surface area contributed by atoms with Crippen molar-refractivity contribution in [2.24, 2.45) is 0 Å². The lowest BCUT2D eigenvalue weighted by Crippen LogP contribution is -2.26. The van der Waals surface area contributed by atoms with Gasteiger partial charge in [-0.15, -0.1) is 11.3 Å². The minimum atomic E-state index is -4.54. The Bertz CT molecular complexity index is 1100. The second kappa shape index (κ2) is 10.3. The molecule has 0 radical (unpaired) electrons. The quantitative estimate of drug-likeness (QED) is 0.423. The van der Waals surface area contributed by atoms with Crippen LogP contribution in [0.1, 0.15) is 41.6 Å². The molecule has 1 N–H and O–H groups in total. The second-order valence-electron chi connectivity index (χ2n) is 7.31. The molecule has 3 rings (SSSR count). The third-order valence-electron chi connectivity index (χ3n) is 4.79. The van der Waals surface area contributed by atoms with Gasteiger partial charge in [0.05, 0.1) is 4.88 Å². The number of nitrogens with zero attached hydrogens (tertiary/aromatic N) is 2. The average Bonchev–Trinajstić information content (AvgIpc) is 3.16. The number of hydrogen-bond donors (Lipinski definition) is 1. The number of carboxylic acid groups (broad SMARTS) is 1. The highest BCUT2D eigenvalue weighted by molar-refractivity contribution is 7.15. The normalized spacial score (nSPS) is 13.5. The van der Waals surface area contributed by atoms with Crippen LogP contribution in [-0.4, -0.2) is 33.8 Å². The highest BCUT2D eigenvalue weighted by atomic mass is 32.1. The molecule has 0 aliphatic rings. The zero-order valence-corrected chi connectivity index (χ0v) is 19.0. The van der Waals surface area contributed by atoms with Crippen LogP contribution >= 0.6 is 11.3 Å². The number of halogens is 3. The first kappa shape index (κ1) is 24.7. The van der Waals surface area contributed by atoms with E-state index in [1.807, 2.05) is 13.8 Å². The maximum atomic E-state index is 13.0. The number of aryl methyl sites for hydroxylation is 1. The molecule has 3 aromatic rings. The highest BCUT2D eigenvalue weighted by Gasteiger charge is 2.33. The van der Waals surface area contributed by atoms with Crippen LogP contribution in [0.2, 0.25) is 0 Å². The molecule has 10 heteroatoms. The molecule has 2 unspecified atom stereocenters. The van der Waals surface area contributed by atoms with Crippen LogP contribution in [0.5, 0.6) is 5.75 Å². The molecular weight excluding hydrogens is 457 g/mol. The molecule has 2 atom stereocenters. The molecule has 1 aromatic carbocycles. The smallest absolute Gasteiger partial charge is 0.433 e. The minimum Gasteiger partial charge on any atom is -0.485 e. The number of ether oxygens (including phenoxy) is 2. The van der Waals surface area contributed by atoms with Gasteiger partial charge in [0.2, 0.25) is 0 Å². The van der Waals surface area contributed by atoms with E-state index in [2.05, 4.69) is 9.97 Å². The molecule has 0 saturated carbocycles. The van der Waals surface area contributed by atoms with Gasteiger partial charge in [0.15, 0.2) is 11.9 Å². The van der Waals surface area contributed by atoms with E-state index >= 15 is 0 Å². The summed E-state index contributed by atoms with van der Waals surface area (Å²) < 4.78 is 50.2. The van der Waals surface area contributed by atoms with Crippen LogP contribution in [0.25, 0.3) is 10.7 Å². The molecular formula is C23H23F3N2O4S. The van der Waals surface area contributed by atoms with E-state index in [1.54, 1.807) is 37.3 Å². The molecule has 0 saturated heterocycles. The average molecular weight is 481 g/mol. The first-order chi connectivity index (χ1) is 15.6. The molecule has 0 bridgehead atoms. The zero-order chi connectivity index (χ0) is 24.2. The third kappa shape index (κ3) is 6.29. The van der Waals surface area contributed by atoms with Crippen LogP contribution in [0.15, 0.2) is 42.6 Å². The summed E-state index contributed by atoms with van der Waals surface area (Å²) in [6.07, 6.45) is -4.48. The van der Waals surface area contributed by atoms with Crippen molar-refractivity contribution in [2.75, 3.05) is 6.61 Å². The van der Waals surface area contributed by atoms with Gasteiger partial charge in [0.1, 0.15) is 17.5 Å². The van der Waals surface area contributed by atoms with Gasteiger partial charge < -0.3 is 14.6 Å². The topological polar surface area (TPSA) is 81.5 Å². The summed E-state index contributed by atoms with van der Waals surface area (Å²) in [7, 11) is 0. The summed E-state index contributed by atoms with van der Waals surface area (Å²) in [6, 6.07) is 9.64. The molecule has 0 amide bonds. The van der Waals surface area contributed by atoms with Gasteiger partial charge in [0, 0.05) is 24.1 Å². The number of aliphatic carboxylic acids is 1. The van der Waals surface area contributed by atoms with Gasteiger partial charge in [-0.3, -0.25) is 0 Å². The molecule has 0 aliphatic heterocycles. The van der Waals surface area contributed by atoms with Crippen molar-refractivity contribution in [3.8, 4) is 16.5 Å². The van der Waals surface area contributed by atoms with E-state index < -0.39 is 23.9 Å². The molecule has 0 aliphatic carbocycles. The van der Waals surface area contributed by atoms with E-state index in [-0.39, 0.29) is 18.3 Å². The minimum absolute atomic E-state index is 0.0167. The van der Waals surface area contributed by atoms with Crippen molar-refractivity contribution in [3.05, 3.63) is 64.3 Å².